The summed E-state index contributed by atoms with van der Waals surface area (Å²) in [6.07, 6.45) is 4.77. The van der Waals surface area contributed by atoms with E-state index in [1.54, 1.807) is 5.19 Å². The first kappa shape index (κ1) is 18.0. The van der Waals surface area contributed by atoms with Gasteiger partial charge in [-0.3, -0.25) is 0 Å². The van der Waals surface area contributed by atoms with Crippen LogP contribution in [0.25, 0.3) is 27.8 Å². The Morgan fingerprint density at radius 3 is 2.54 bits per heavy atom. The normalized spacial score (nSPS) is 16.2. The Labute approximate surface area is 175 Å². The van der Waals surface area contributed by atoms with Gasteiger partial charge in [-0.1, -0.05) is 61.1 Å². The molecule has 1 atom stereocenters. The molecule has 0 spiro atoms. The van der Waals surface area contributed by atoms with E-state index in [1.807, 2.05) is 0 Å². The first-order valence-electron chi connectivity index (χ1n) is 9.86. The Bertz CT molecular complexity index is 1280. The lowest BCUT2D eigenvalue weighted by molar-refractivity contribution is 1.17. The van der Waals surface area contributed by atoms with Crippen molar-refractivity contribution in [1.29, 1.82) is 0 Å². The number of aryl methyl sites for hydroxylation is 2. The summed E-state index contributed by atoms with van der Waals surface area (Å²) in [6.45, 7) is 9.64. The minimum absolute atomic E-state index is 0.524. The summed E-state index contributed by atoms with van der Waals surface area (Å²) in [5.41, 5.74) is 7.44. The quantitative estimate of drug-likeness (QED) is 0.253. The minimum atomic E-state index is -1.79. The Balaban J connectivity index is 1.78. The van der Waals surface area contributed by atoms with Crippen LogP contribution in [-0.4, -0.2) is 13.1 Å². The molecule has 1 nitrogen and oxygen atoms in total. The van der Waals surface area contributed by atoms with Crippen LogP contribution in [0.2, 0.25) is 13.1 Å². The van der Waals surface area contributed by atoms with Crippen LogP contribution in [0.4, 0.5) is 0 Å². The van der Waals surface area contributed by atoms with E-state index in [0.29, 0.717) is 5.54 Å². The largest absolute Gasteiger partial charge is 0.349 e. The van der Waals surface area contributed by atoms with E-state index < -0.39 is 8.07 Å². The van der Waals surface area contributed by atoms with Gasteiger partial charge in [-0.2, -0.15) is 0 Å². The van der Waals surface area contributed by atoms with Crippen molar-refractivity contribution in [2.75, 3.05) is 0 Å². The highest BCUT2D eigenvalue weighted by atomic mass is 79.9. The van der Waals surface area contributed by atoms with Gasteiger partial charge in [0, 0.05) is 16.4 Å². The second-order valence-corrected chi connectivity index (χ2v) is 14.0. The number of pyridine rings is 1. The lowest BCUT2D eigenvalue weighted by atomic mass is 10.0. The van der Waals surface area contributed by atoms with Gasteiger partial charge in [0.1, 0.15) is 0 Å². The molecule has 3 heteroatoms. The molecule has 1 aliphatic rings. The number of nitrogens with one attached hydrogen (secondary N) is 1. The average Bonchev–Trinajstić information content (AvgIpc) is 3.23. The number of allylic oxidation sites excluding steroid dienone is 1. The molecule has 1 unspecified atom stereocenters. The Kier molecular flexibility index (Phi) is 3.98. The summed E-state index contributed by atoms with van der Waals surface area (Å²) in [6, 6.07) is 18.0. The molecule has 1 aromatic heterocycles. The maximum atomic E-state index is 3.60. The van der Waals surface area contributed by atoms with Crippen molar-refractivity contribution in [3.05, 3.63) is 81.5 Å². The molecule has 5 rings (SSSR count). The van der Waals surface area contributed by atoms with E-state index in [9.17, 15) is 0 Å². The van der Waals surface area contributed by atoms with Crippen LogP contribution in [0.3, 0.4) is 0 Å². The molecule has 0 amide bonds. The number of benzene rings is 2. The second kappa shape index (κ2) is 6.20. The topological polar surface area (TPSA) is 15.8 Å². The van der Waals surface area contributed by atoms with Gasteiger partial charge in [-0.05, 0) is 80.6 Å². The lowest BCUT2D eigenvalue weighted by Crippen LogP contribution is -2.47. The monoisotopic (exact) mass is 445 g/mol. The highest BCUT2D eigenvalue weighted by Crippen LogP contribution is 2.39. The first-order valence-corrected chi connectivity index (χ1v) is 13.7. The maximum Gasteiger partial charge on any atom is 0.0931 e. The van der Waals surface area contributed by atoms with Gasteiger partial charge in [0.25, 0.3) is 0 Å². The van der Waals surface area contributed by atoms with Gasteiger partial charge in [-0.25, -0.2) is 0 Å². The molecule has 1 heterocycles. The van der Waals surface area contributed by atoms with Crippen molar-refractivity contribution in [2.24, 2.45) is 0 Å². The predicted octanol–water partition coefficient (Wildman–Crippen LogP) is 6.97. The van der Waals surface area contributed by atoms with E-state index in [0.717, 1.165) is 4.60 Å². The molecular weight excluding hydrogens is 422 g/mol. The number of H-pyrrole nitrogens is 1. The van der Waals surface area contributed by atoms with Crippen LogP contribution in [0.15, 0.2) is 59.2 Å². The second-order valence-electron chi connectivity index (χ2n) is 8.62. The lowest BCUT2D eigenvalue weighted by Gasteiger charge is -2.31. The molecule has 0 bridgehead atoms. The smallest absolute Gasteiger partial charge is 0.0931 e. The summed E-state index contributed by atoms with van der Waals surface area (Å²) in [5.74, 6) is 0. The SMILES string of the molecule is Cc1cc2c(C)c3ccc(Br)[nH]c3cc2c1[Si](C)(C)C1C=Cc2ccccc21. The molecular formula is C25H24BrNSi. The first-order chi connectivity index (χ1) is 13.4. The van der Waals surface area contributed by atoms with Crippen molar-refractivity contribution >= 4 is 56.9 Å². The number of aromatic amines is 1. The number of hydrogen-bond donors (Lipinski definition) is 1. The third-order valence-electron chi connectivity index (χ3n) is 6.57. The predicted molar refractivity (Wildman–Crippen MR) is 128 cm³/mol. The molecule has 0 saturated carbocycles. The van der Waals surface area contributed by atoms with Crippen LogP contribution >= 0.6 is 15.9 Å². The molecule has 3 aromatic carbocycles. The zero-order valence-electron chi connectivity index (χ0n) is 16.7. The van der Waals surface area contributed by atoms with Crippen molar-refractivity contribution < 1.29 is 0 Å². The standard InChI is InChI=1S/C25H24BrNSi/c1-15-13-20-16(2)18-10-12-24(26)27-22(18)14-21(20)25(15)28(3,4)23-11-9-17-7-5-6-8-19(17)23/h5-14,23,27H,1-4H3. The Hall–Kier alpha value is -2.10. The van der Waals surface area contributed by atoms with E-state index in [-0.39, 0.29) is 0 Å². The van der Waals surface area contributed by atoms with E-state index in [4.69, 9.17) is 0 Å². The molecule has 140 valence electrons. The molecule has 0 fully saturated rings. The number of fused-ring (bicyclic) bond motifs is 3. The zero-order chi connectivity index (χ0) is 19.6. The molecule has 4 aromatic rings. The van der Waals surface area contributed by atoms with Gasteiger partial charge in [0.15, 0.2) is 0 Å². The minimum Gasteiger partial charge on any atom is -0.349 e. The summed E-state index contributed by atoms with van der Waals surface area (Å²) in [5, 5.41) is 5.75. The van der Waals surface area contributed by atoms with Crippen LogP contribution in [-0.2, 0) is 0 Å². The van der Waals surface area contributed by atoms with Crippen LogP contribution in [0.5, 0.6) is 0 Å². The fraction of sp³-hybridized carbons (Fsp3) is 0.200. The van der Waals surface area contributed by atoms with Gasteiger partial charge in [-0.15, -0.1) is 0 Å². The maximum absolute atomic E-state index is 3.60. The van der Waals surface area contributed by atoms with Gasteiger partial charge < -0.3 is 4.98 Å². The molecule has 0 saturated heterocycles. The van der Waals surface area contributed by atoms with Crippen molar-refractivity contribution in [3.8, 4) is 0 Å². The molecule has 28 heavy (non-hydrogen) atoms. The summed E-state index contributed by atoms with van der Waals surface area (Å²) in [4.78, 5) is 3.51. The Morgan fingerprint density at radius 2 is 1.71 bits per heavy atom. The van der Waals surface area contributed by atoms with E-state index >= 15 is 0 Å². The number of halogens is 1. The number of hydrogen-bond acceptors (Lipinski definition) is 0. The molecule has 1 N–H and O–H groups in total. The fourth-order valence-electron chi connectivity index (χ4n) is 5.28. The third-order valence-corrected chi connectivity index (χ3v) is 11.0. The summed E-state index contributed by atoms with van der Waals surface area (Å²) < 4.78 is 1.02. The van der Waals surface area contributed by atoms with Gasteiger partial charge in [0.05, 0.1) is 12.7 Å². The van der Waals surface area contributed by atoms with Gasteiger partial charge >= 0.3 is 0 Å². The van der Waals surface area contributed by atoms with Crippen LogP contribution < -0.4 is 5.19 Å². The van der Waals surface area contributed by atoms with Crippen LogP contribution in [0.1, 0.15) is 27.8 Å². The van der Waals surface area contributed by atoms with Crippen molar-refractivity contribution in [2.45, 2.75) is 32.5 Å². The van der Waals surface area contributed by atoms with Crippen molar-refractivity contribution in [3.63, 3.8) is 0 Å². The number of aromatic nitrogens is 1. The third kappa shape index (κ3) is 2.49. The fourth-order valence-corrected chi connectivity index (χ4v) is 9.54. The van der Waals surface area contributed by atoms with E-state index in [1.165, 1.54) is 43.9 Å². The van der Waals surface area contributed by atoms with Crippen LogP contribution in [0, 0.1) is 13.8 Å². The van der Waals surface area contributed by atoms with Gasteiger partial charge in [0.2, 0.25) is 0 Å². The molecule has 1 aliphatic carbocycles. The number of rotatable bonds is 2. The molecule has 0 aliphatic heterocycles. The van der Waals surface area contributed by atoms with Crippen molar-refractivity contribution in [1.82, 2.24) is 4.98 Å². The summed E-state index contributed by atoms with van der Waals surface area (Å²) in [7, 11) is -1.79. The van der Waals surface area contributed by atoms with E-state index in [2.05, 4.69) is 109 Å². The Morgan fingerprint density at radius 1 is 0.929 bits per heavy atom. The highest BCUT2D eigenvalue weighted by molar-refractivity contribution is 9.10. The zero-order valence-corrected chi connectivity index (χ0v) is 19.3. The molecule has 0 radical (unpaired) electrons. The highest BCUT2D eigenvalue weighted by Gasteiger charge is 2.38. The summed E-state index contributed by atoms with van der Waals surface area (Å²) >= 11 is 3.60. The average molecular weight is 446 g/mol.